The number of benzene rings is 1. The molecule has 30 heavy (non-hydrogen) atoms. The highest BCUT2D eigenvalue weighted by Gasteiger charge is 2.31. The second-order valence-electron chi connectivity index (χ2n) is 8.08. The van der Waals surface area contributed by atoms with Gasteiger partial charge in [0.05, 0.1) is 0 Å². The van der Waals surface area contributed by atoms with Gasteiger partial charge in [0.2, 0.25) is 5.91 Å². The first kappa shape index (κ1) is 18.7. The van der Waals surface area contributed by atoms with Gasteiger partial charge in [0.1, 0.15) is 18.0 Å². The van der Waals surface area contributed by atoms with Gasteiger partial charge in [0.15, 0.2) is 0 Å². The number of hydrogen-bond donors (Lipinski definition) is 1. The summed E-state index contributed by atoms with van der Waals surface area (Å²) in [4.78, 5) is 26.2. The lowest BCUT2D eigenvalue weighted by Crippen LogP contribution is -2.44. The van der Waals surface area contributed by atoms with E-state index in [1.807, 2.05) is 52.2 Å². The lowest BCUT2D eigenvalue weighted by Gasteiger charge is -2.36. The van der Waals surface area contributed by atoms with Crippen molar-refractivity contribution in [1.29, 1.82) is 0 Å². The number of piperidine rings is 1. The van der Waals surface area contributed by atoms with Gasteiger partial charge in [-0.1, -0.05) is 12.1 Å². The Morgan fingerprint density at radius 1 is 1.00 bits per heavy atom. The van der Waals surface area contributed by atoms with Crippen LogP contribution in [-0.4, -0.2) is 45.0 Å². The molecule has 2 aromatic heterocycles. The fourth-order valence-corrected chi connectivity index (χ4v) is 4.58. The van der Waals surface area contributed by atoms with Crippen molar-refractivity contribution in [3.05, 3.63) is 66.2 Å². The first-order valence-corrected chi connectivity index (χ1v) is 10.5. The van der Waals surface area contributed by atoms with E-state index in [0.29, 0.717) is 6.54 Å². The molecular formula is C23H26N6O. The quantitative estimate of drug-likeness (QED) is 0.682. The first-order valence-electron chi connectivity index (χ1n) is 10.5. The van der Waals surface area contributed by atoms with Gasteiger partial charge < -0.3 is 20.1 Å². The normalized spacial score (nSPS) is 17.1. The zero-order valence-electron chi connectivity index (χ0n) is 16.9. The number of fused-ring (bicyclic) bond motifs is 1. The summed E-state index contributed by atoms with van der Waals surface area (Å²) >= 11 is 0. The molecule has 0 atom stereocenters. The largest absolute Gasteiger partial charge is 0.398 e. The average Bonchev–Trinajstić information content (AvgIpc) is 3.34. The molecule has 7 nitrogen and oxygen atoms in total. The Labute approximate surface area is 176 Å². The minimum absolute atomic E-state index is 0.0783. The second kappa shape index (κ2) is 7.82. The molecule has 1 saturated heterocycles. The molecule has 154 valence electrons. The molecule has 0 spiro atoms. The fraction of sp³-hybridized carbons (Fsp3) is 0.348. The van der Waals surface area contributed by atoms with E-state index >= 15 is 0 Å². The zero-order valence-corrected chi connectivity index (χ0v) is 16.9. The van der Waals surface area contributed by atoms with Crippen molar-refractivity contribution < 1.29 is 4.79 Å². The number of aromatic nitrogens is 3. The third-order valence-corrected chi connectivity index (χ3v) is 6.29. The SMILES string of the molecule is Nc1cccc2c1CCN(C(=O)C1CCN(c3cc(-n4cccc4)ncn3)CC1)C2. The summed E-state index contributed by atoms with van der Waals surface area (Å²) in [6.45, 7) is 3.09. The number of amides is 1. The van der Waals surface area contributed by atoms with E-state index in [4.69, 9.17) is 5.73 Å². The Morgan fingerprint density at radius 3 is 2.57 bits per heavy atom. The molecule has 1 fully saturated rings. The summed E-state index contributed by atoms with van der Waals surface area (Å²) in [6, 6.07) is 12.0. The van der Waals surface area contributed by atoms with Crippen molar-refractivity contribution in [2.24, 2.45) is 5.92 Å². The van der Waals surface area contributed by atoms with Crippen LogP contribution in [0.25, 0.3) is 5.82 Å². The Bertz CT molecular complexity index is 1040. The van der Waals surface area contributed by atoms with Crippen molar-refractivity contribution in [2.45, 2.75) is 25.8 Å². The van der Waals surface area contributed by atoms with Gasteiger partial charge >= 0.3 is 0 Å². The number of carbonyl (C=O) groups excluding carboxylic acids is 1. The predicted octanol–water partition coefficient (Wildman–Crippen LogP) is 2.65. The van der Waals surface area contributed by atoms with Crippen molar-refractivity contribution in [2.75, 3.05) is 30.3 Å². The molecule has 2 N–H and O–H groups in total. The summed E-state index contributed by atoms with van der Waals surface area (Å²) in [6.07, 6.45) is 8.10. The van der Waals surface area contributed by atoms with E-state index in [9.17, 15) is 4.79 Å². The van der Waals surface area contributed by atoms with Gasteiger partial charge in [0.25, 0.3) is 0 Å². The van der Waals surface area contributed by atoms with Crippen molar-refractivity contribution in [1.82, 2.24) is 19.4 Å². The van der Waals surface area contributed by atoms with Crippen LogP contribution in [0.1, 0.15) is 24.0 Å². The highest BCUT2D eigenvalue weighted by Crippen LogP contribution is 2.28. The standard InChI is InChI=1S/C23H26N6O/c24-20-5-3-4-18-15-29(13-8-19(18)20)23(30)17-6-11-28(12-7-17)22-14-21(25-16-26-22)27-9-1-2-10-27/h1-5,9-10,14,16-17H,6-8,11-13,15,24H2. The third-order valence-electron chi connectivity index (χ3n) is 6.29. The van der Waals surface area contributed by atoms with E-state index in [-0.39, 0.29) is 11.8 Å². The number of nitrogens with zero attached hydrogens (tertiary/aromatic N) is 5. The van der Waals surface area contributed by atoms with E-state index in [0.717, 1.165) is 56.2 Å². The van der Waals surface area contributed by atoms with Gasteiger partial charge in [-0.15, -0.1) is 0 Å². The highest BCUT2D eigenvalue weighted by molar-refractivity contribution is 5.79. The summed E-state index contributed by atoms with van der Waals surface area (Å²) < 4.78 is 1.97. The van der Waals surface area contributed by atoms with Crippen LogP contribution in [0.2, 0.25) is 0 Å². The van der Waals surface area contributed by atoms with E-state index in [2.05, 4.69) is 20.9 Å². The summed E-state index contributed by atoms with van der Waals surface area (Å²) in [5.74, 6) is 2.13. The van der Waals surface area contributed by atoms with Crippen LogP contribution in [0, 0.1) is 5.92 Å². The fourth-order valence-electron chi connectivity index (χ4n) is 4.58. The maximum absolute atomic E-state index is 13.1. The molecule has 0 saturated carbocycles. The van der Waals surface area contributed by atoms with Gasteiger partial charge in [-0.2, -0.15) is 0 Å². The van der Waals surface area contributed by atoms with Gasteiger partial charge in [-0.3, -0.25) is 4.79 Å². The predicted molar refractivity (Wildman–Crippen MR) is 116 cm³/mol. The number of nitrogens with two attached hydrogens (primary N) is 1. The van der Waals surface area contributed by atoms with Crippen molar-refractivity contribution >= 4 is 17.4 Å². The summed E-state index contributed by atoms with van der Waals surface area (Å²) in [5, 5.41) is 0. The summed E-state index contributed by atoms with van der Waals surface area (Å²) in [5.41, 5.74) is 9.33. The topological polar surface area (TPSA) is 80.3 Å². The van der Waals surface area contributed by atoms with Crippen LogP contribution >= 0.6 is 0 Å². The number of carbonyl (C=O) groups is 1. The average molecular weight is 403 g/mol. The Hall–Kier alpha value is -3.35. The molecule has 3 aromatic rings. The molecule has 0 bridgehead atoms. The Morgan fingerprint density at radius 2 is 1.77 bits per heavy atom. The minimum atomic E-state index is 0.0783. The zero-order chi connectivity index (χ0) is 20.5. The monoisotopic (exact) mass is 402 g/mol. The van der Waals surface area contributed by atoms with Gasteiger partial charge in [0, 0.05) is 56.2 Å². The molecule has 1 amide bonds. The summed E-state index contributed by atoms with van der Waals surface area (Å²) in [7, 11) is 0. The van der Waals surface area contributed by atoms with E-state index in [1.165, 1.54) is 11.1 Å². The van der Waals surface area contributed by atoms with Crippen LogP contribution in [-0.2, 0) is 17.8 Å². The van der Waals surface area contributed by atoms with Gasteiger partial charge in [-0.25, -0.2) is 9.97 Å². The lowest BCUT2D eigenvalue weighted by atomic mass is 9.92. The molecule has 1 aromatic carbocycles. The number of nitrogen functional groups attached to an aromatic ring is 1. The van der Waals surface area contributed by atoms with Crippen molar-refractivity contribution in [3.8, 4) is 5.82 Å². The molecule has 0 unspecified atom stereocenters. The lowest BCUT2D eigenvalue weighted by molar-refractivity contribution is -0.137. The first-order chi connectivity index (χ1) is 14.7. The Balaban J connectivity index is 1.22. The molecule has 5 rings (SSSR count). The maximum atomic E-state index is 13.1. The van der Waals surface area contributed by atoms with Crippen LogP contribution in [0.5, 0.6) is 0 Å². The molecule has 7 heteroatoms. The minimum Gasteiger partial charge on any atom is -0.398 e. The van der Waals surface area contributed by atoms with Crippen LogP contribution in [0.3, 0.4) is 0 Å². The maximum Gasteiger partial charge on any atom is 0.226 e. The number of anilines is 2. The van der Waals surface area contributed by atoms with Gasteiger partial charge in [-0.05, 0) is 48.6 Å². The third kappa shape index (κ3) is 3.51. The molecule has 4 heterocycles. The van der Waals surface area contributed by atoms with Crippen LogP contribution in [0.4, 0.5) is 11.5 Å². The highest BCUT2D eigenvalue weighted by atomic mass is 16.2. The molecule has 0 radical (unpaired) electrons. The van der Waals surface area contributed by atoms with E-state index in [1.54, 1.807) is 6.33 Å². The number of rotatable bonds is 3. The molecule has 0 aliphatic carbocycles. The molecule has 2 aliphatic heterocycles. The van der Waals surface area contributed by atoms with Crippen molar-refractivity contribution in [3.63, 3.8) is 0 Å². The smallest absolute Gasteiger partial charge is 0.226 e. The van der Waals surface area contributed by atoms with Crippen LogP contribution in [0.15, 0.2) is 55.1 Å². The molecular weight excluding hydrogens is 376 g/mol. The van der Waals surface area contributed by atoms with Crippen LogP contribution < -0.4 is 10.6 Å². The Kier molecular flexibility index (Phi) is 4.86. The van der Waals surface area contributed by atoms with E-state index < -0.39 is 0 Å². The second-order valence-corrected chi connectivity index (χ2v) is 8.08. The number of hydrogen-bond acceptors (Lipinski definition) is 5. The molecule has 2 aliphatic rings.